The number of carbonyl (C=O) groups is 1. The van der Waals surface area contributed by atoms with Crippen LogP contribution in [0.5, 0.6) is 0 Å². The Bertz CT molecular complexity index is 678. The lowest BCUT2D eigenvalue weighted by Gasteiger charge is -2.05. The maximum absolute atomic E-state index is 10.6. The van der Waals surface area contributed by atoms with Gasteiger partial charge in [-0.25, -0.2) is 9.48 Å². The number of hydrogen-bond donors (Lipinski definition) is 1. The van der Waals surface area contributed by atoms with Crippen LogP contribution in [0.2, 0.25) is 10.2 Å². The van der Waals surface area contributed by atoms with Crippen molar-refractivity contribution in [2.75, 3.05) is 0 Å². The molecule has 0 unspecified atom stereocenters. The number of nitrogens with zero attached hydrogens (tertiary/aromatic N) is 2. The van der Waals surface area contributed by atoms with E-state index < -0.39 is 5.97 Å². The monoisotopic (exact) mass is 310 g/mol. The van der Waals surface area contributed by atoms with Crippen molar-refractivity contribution in [3.05, 3.63) is 57.3 Å². The number of aromatic nitrogens is 2. The summed E-state index contributed by atoms with van der Waals surface area (Å²) in [5.41, 5.74) is 2.16. The molecule has 0 atom stereocenters. The van der Waals surface area contributed by atoms with Crippen molar-refractivity contribution < 1.29 is 9.90 Å². The number of rotatable bonds is 4. The zero-order chi connectivity index (χ0) is 14.7. The van der Waals surface area contributed by atoms with Crippen molar-refractivity contribution in [1.29, 1.82) is 0 Å². The van der Waals surface area contributed by atoms with Gasteiger partial charge in [0.15, 0.2) is 0 Å². The topological polar surface area (TPSA) is 55.1 Å². The Kier molecular flexibility index (Phi) is 4.47. The molecule has 0 radical (unpaired) electrons. The minimum Gasteiger partial charge on any atom is -0.478 e. The molecule has 0 aliphatic heterocycles. The van der Waals surface area contributed by atoms with Gasteiger partial charge in [-0.05, 0) is 24.6 Å². The molecular weight excluding hydrogens is 299 g/mol. The summed E-state index contributed by atoms with van der Waals surface area (Å²) < 4.78 is 1.60. The highest BCUT2D eigenvalue weighted by Gasteiger charge is 2.12. The second-order valence-corrected chi connectivity index (χ2v) is 4.98. The fourth-order valence-corrected chi connectivity index (χ4v) is 2.30. The van der Waals surface area contributed by atoms with Crippen LogP contribution in [0.3, 0.4) is 0 Å². The van der Waals surface area contributed by atoms with Crippen LogP contribution in [0.25, 0.3) is 6.08 Å². The van der Waals surface area contributed by atoms with Crippen LogP contribution in [0.1, 0.15) is 16.8 Å². The number of aliphatic carboxylic acids is 1. The molecule has 1 N–H and O–H groups in total. The van der Waals surface area contributed by atoms with Crippen molar-refractivity contribution in [3.8, 4) is 0 Å². The predicted molar refractivity (Wildman–Crippen MR) is 79.2 cm³/mol. The van der Waals surface area contributed by atoms with Crippen LogP contribution < -0.4 is 0 Å². The van der Waals surface area contributed by atoms with E-state index >= 15 is 0 Å². The first-order valence-electron chi connectivity index (χ1n) is 5.86. The number of aryl methyl sites for hydroxylation is 1. The predicted octanol–water partition coefficient (Wildman–Crippen LogP) is 3.64. The van der Waals surface area contributed by atoms with E-state index in [1.807, 2.05) is 18.2 Å². The molecule has 2 rings (SSSR count). The van der Waals surface area contributed by atoms with E-state index in [4.69, 9.17) is 28.3 Å². The first-order chi connectivity index (χ1) is 9.49. The fourth-order valence-electron chi connectivity index (χ4n) is 1.80. The van der Waals surface area contributed by atoms with Crippen LogP contribution >= 0.6 is 23.2 Å². The van der Waals surface area contributed by atoms with Gasteiger partial charge in [0.25, 0.3) is 0 Å². The van der Waals surface area contributed by atoms with E-state index in [2.05, 4.69) is 5.10 Å². The third kappa shape index (κ3) is 3.21. The van der Waals surface area contributed by atoms with E-state index in [0.29, 0.717) is 28.0 Å². The Morgan fingerprint density at radius 2 is 2.10 bits per heavy atom. The van der Waals surface area contributed by atoms with E-state index in [1.54, 1.807) is 17.7 Å². The van der Waals surface area contributed by atoms with Crippen LogP contribution in [0.15, 0.2) is 30.3 Å². The molecule has 0 spiro atoms. The molecule has 1 heterocycles. The van der Waals surface area contributed by atoms with Gasteiger partial charge in [0, 0.05) is 16.7 Å². The van der Waals surface area contributed by atoms with Crippen molar-refractivity contribution in [3.63, 3.8) is 0 Å². The third-order valence-electron chi connectivity index (χ3n) is 2.78. The van der Waals surface area contributed by atoms with Crippen LogP contribution in [0.4, 0.5) is 0 Å². The highest BCUT2D eigenvalue weighted by atomic mass is 35.5. The van der Waals surface area contributed by atoms with Gasteiger partial charge in [0.2, 0.25) is 0 Å². The number of hydrogen-bond acceptors (Lipinski definition) is 2. The lowest BCUT2D eigenvalue weighted by Crippen LogP contribution is -2.02. The van der Waals surface area contributed by atoms with Gasteiger partial charge in [0.05, 0.1) is 12.2 Å². The zero-order valence-electron chi connectivity index (χ0n) is 10.7. The number of halogens is 2. The second kappa shape index (κ2) is 6.11. The van der Waals surface area contributed by atoms with Gasteiger partial charge in [0.1, 0.15) is 5.15 Å². The first-order valence-corrected chi connectivity index (χ1v) is 6.62. The molecule has 0 saturated carbocycles. The maximum atomic E-state index is 10.6. The average Bonchev–Trinajstić information content (AvgIpc) is 2.65. The molecule has 0 fully saturated rings. The average molecular weight is 311 g/mol. The molecule has 0 bridgehead atoms. The minimum absolute atomic E-state index is 0.389. The normalized spacial score (nSPS) is 11.2. The first kappa shape index (κ1) is 14.6. The zero-order valence-corrected chi connectivity index (χ0v) is 12.2. The molecule has 104 valence electrons. The lowest BCUT2D eigenvalue weighted by molar-refractivity contribution is -0.131. The Morgan fingerprint density at radius 3 is 2.75 bits per heavy atom. The van der Waals surface area contributed by atoms with E-state index in [-0.39, 0.29) is 0 Å². The Labute approximate surface area is 126 Å². The van der Waals surface area contributed by atoms with Crippen LogP contribution in [0, 0.1) is 6.92 Å². The Balaban J connectivity index is 2.33. The highest BCUT2D eigenvalue weighted by Crippen LogP contribution is 2.24. The molecule has 0 aliphatic carbocycles. The van der Waals surface area contributed by atoms with Crippen LogP contribution in [-0.2, 0) is 11.3 Å². The van der Waals surface area contributed by atoms with Crippen molar-refractivity contribution in [2.24, 2.45) is 0 Å². The fraction of sp³-hybridized carbons (Fsp3) is 0.143. The molecule has 1 aromatic carbocycles. The number of carboxylic acids is 1. The molecule has 4 nitrogen and oxygen atoms in total. The summed E-state index contributed by atoms with van der Waals surface area (Å²) in [6.07, 6.45) is 2.48. The number of benzene rings is 1. The summed E-state index contributed by atoms with van der Waals surface area (Å²) in [7, 11) is 0. The van der Waals surface area contributed by atoms with Gasteiger partial charge in [-0.1, -0.05) is 41.4 Å². The summed E-state index contributed by atoms with van der Waals surface area (Å²) in [5, 5.41) is 14.0. The standard InChI is InChI=1S/C14H12Cl2N2O2/c1-9-11(6-7-13(19)20)14(16)18(17-9)8-10-4-2-3-5-12(10)15/h2-7H,8H2,1H3,(H,19,20)/b7-6+. The van der Waals surface area contributed by atoms with Crippen molar-refractivity contribution in [1.82, 2.24) is 9.78 Å². The van der Waals surface area contributed by atoms with Crippen molar-refractivity contribution in [2.45, 2.75) is 13.5 Å². The second-order valence-electron chi connectivity index (χ2n) is 4.21. The summed E-state index contributed by atoms with van der Waals surface area (Å²) in [6.45, 7) is 2.21. The van der Waals surface area contributed by atoms with Crippen molar-refractivity contribution >= 4 is 35.2 Å². The van der Waals surface area contributed by atoms with E-state index in [9.17, 15) is 4.79 Å². The maximum Gasteiger partial charge on any atom is 0.328 e. The molecular formula is C14H12Cl2N2O2. The molecule has 6 heteroatoms. The Hall–Kier alpha value is -1.78. The van der Waals surface area contributed by atoms with Gasteiger partial charge in [-0.3, -0.25) is 0 Å². The van der Waals surface area contributed by atoms with Crippen LogP contribution in [-0.4, -0.2) is 20.9 Å². The number of carboxylic acid groups (broad SMARTS) is 1. The molecule has 0 saturated heterocycles. The van der Waals surface area contributed by atoms with Gasteiger partial charge in [-0.2, -0.15) is 5.10 Å². The quantitative estimate of drug-likeness (QED) is 0.877. The molecule has 0 amide bonds. The molecule has 0 aliphatic rings. The van der Waals surface area contributed by atoms with E-state index in [1.165, 1.54) is 6.08 Å². The SMILES string of the molecule is Cc1nn(Cc2ccccc2Cl)c(Cl)c1/C=C/C(=O)O. The highest BCUT2D eigenvalue weighted by molar-refractivity contribution is 6.32. The van der Waals surface area contributed by atoms with E-state index in [0.717, 1.165) is 11.6 Å². The molecule has 2 aromatic rings. The molecule has 1 aromatic heterocycles. The minimum atomic E-state index is -1.03. The summed E-state index contributed by atoms with van der Waals surface area (Å²) in [4.78, 5) is 10.6. The van der Waals surface area contributed by atoms with Gasteiger partial charge < -0.3 is 5.11 Å². The molecule has 20 heavy (non-hydrogen) atoms. The third-order valence-corrected chi connectivity index (χ3v) is 3.55. The van der Waals surface area contributed by atoms with Gasteiger partial charge in [-0.15, -0.1) is 0 Å². The van der Waals surface area contributed by atoms with Gasteiger partial charge >= 0.3 is 5.97 Å². The largest absolute Gasteiger partial charge is 0.478 e. The summed E-state index contributed by atoms with van der Waals surface area (Å²) in [5.74, 6) is -1.03. The smallest absolute Gasteiger partial charge is 0.328 e. The summed E-state index contributed by atoms with van der Waals surface area (Å²) >= 11 is 12.3. The summed E-state index contributed by atoms with van der Waals surface area (Å²) in [6, 6.07) is 7.42. The lowest BCUT2D eigenvalue weighted by atomic mass is 10.2. The Morgan fingerprint density at radius 1 is 1.40 bits per heavy atom.